The highest BCUT2D eigenvalue weighted by molar-refractivity contribution is 14.2. The standard InChI is InChI=1S/C8H18IP/c1-6-7(2)10(9)8(3,4)5/h7H,6H2,1-5H3. The molecule has 0 saturated heterocycles. The highest BCUT2D eigenvalue weighted by Crippen LogP contribution is 2.60. The average molecular weight is 272 g/mol. The molecule has 0 heterocycles. The summed E-state index contributed by atoms with van der Waals surface area (Å²) in [7, 11) is 0. The van der Waals surface area contributed by atoms with Crippen molar-refractivity contribution in [1.82, 2.24) is 0 Å². The second kappa shape index (κ2) is 4.25. The number of hydrogen-bond donors (Lipinski definition) is 0. The van der Waals surface area contributed by atoms with Crippen LogP contribution in [-0.2, 0) is 0 Å². The van der Waals surface area contributed by atoms with Gasteiger partial charge in [-0.1, -0.05) is 56.7 Å². The van der Waals surface area contributed by atoms with Gasteiger partial charge in [0.05, 0.1) is 0 Å². The Bertz CT molecular complexity index is 95.9. The normalized spacial score (nSPS) is 18.6. The van der Waals surface area contributed by atoms with Crippen LogP contribution in [0.2, 0.25) is 0 Å². The third-order valence-electron chi connectivity index (χ3n) is 1.62. The zero-order valence-electron chi connectivity index (χ0n) is 7.61. The lowest BCUT2D eigenvalue weighted by Gasteiger charge is -2.30. The third-order valence-corrected chi connectivity index (χ3v) is 11.2. The molecule has 0 aliphatic carbocycles. The molecule has 0 amide bonds. The van der Waals surface area contributed by atoms with E-state index in [0.29, 0.717) is 5.16 Å². The van der Waals surface area contributed by atoms with Gasteiger partial charge in [0, 0.05) is 0 Å². The van der Waals surface area contributed by atoms with Gasteiger partial charge in [0.15, 0.2) is 0 Å². The van der Waals surface area contributed by atoms with Gasteiger partial charge >= 0.3 is 0 Å². The van der Waals surface area contributed by atoms with Crippen molar-refractivity contribution in [3.05, 3.63) is 0 Å². The summed E-state index contributed by atoms with van der Waals surface area (Å²) in [6.45, 7) is 11.7. The van der Waals surface area contributed by atoms with Crippen molar-refractivity contribution in [2.75, 3.05) is 0 Å². The molecule has 0 radical (unpaired) electrons. The van der Waals surface area contributed by atoms with Gasteiger partial charge in [-0.15, -0.1) is 0 Å². The van der Waals surface area contributed by atoms with E-state index >= 15 is 0 Å². The Balaban J connectivity index is 3.94. The summed E-state index contributed by atoms with van der Waals surface area (Å²) in [4.78, 5) is 0. The van der Waals surface area contributed by atoms with Crippen LogP contribution in [-0.4, -0.2) is 10.8 Å². The summed E-state index contributed by atoms with van der Waals surface area (Å²) in [5.41, 5.74) is 1.10. The van der Waals surface area contributed by atoms with Crippen LogP contribution in [0.15, 0.2) is 0 Å². The van der Waals surface area contributed by atoms with Gasteiger partial charge in [-0.25, -0.2) is 0 Å². The molecular weight excluding hydrogens is 254 g/mol. The summed E-state index contributed by atoms with van der Waals surface area (Å²) in [5, 5.41) is 0.533. The maximum absolute atomic E-state index is 2.64. The smallest absolute Gasteiger partial charge is 0.00867 e. The maximum Gasteiger partial charge on any atom is -0.00867 e. The van der Waals surface area contributed by atoms with Gasteiger partial charge in [-0.05, 0) is 22.8 Å². The van der Waals surface area contributed by atoms with Crippen LogP contribution < -0.4 is 0 Å². The Morgan fingerprint density at radius 2 is 1.80 bits per heavy atom. The molecule has 0 spiro atoms. The maximum atomic E-state index is 2.64. The lowest BCUT2D eigenvalue weighted by Crippen LogP contribution is -2.14. The van der Waals surface area contributed by atoms with Gasteiger partial charge < -0.3 is 0 Å². The molecule has 0 rings (SSSR count). The third kappa shape index (κ3) is 3.52. The van der Waals surface area contributed by atoms with E-state index in [2.05, 4.69) is 56.7 Å². The molecule has 2 heteroatoms. The number of hydrogen-bond acceptors (Lipinski definition) is 0. The van der Waals surface area contributed by atoms with Crippen molar-refractivity contribution in [2.45, 2.75) is 51.9 Å². The molecule has 0 nitrogen and oxygen atoms in total. The van der Waals surface area contributed by atoms with E-state index in [1.54, 1.807) is 0 Å². The number of rotatable bonds is 2. The molecule has 2 atom stereocenters. The van der Waals surface area contributed by atoms with Crippen LogP contribution in [0.1, 0.15) is 41.0 Å². The molecule has 0 N–H and O–H groups in total. The molecular formula is C8H18IP. The van der Waals surface area contributed by atoms with E-state index < -0.39 is 0 Å². The van der Waals surface area contributed by atoms with E-state index in [4.69, 9.17) is 0 Å². The zero-order valence-corrected chi connectivity index (χ0v) is 10.7. The minimum Gasteiger partial charge on any atom is -0.0648 e. The van der Waals surface area contributed by atoms with Gasteiger partial charge in [0.25, 0.3) is 0 Å². The van der Waals surface area contributed by atoms with E-state index in [1.165, 1.54) is 6.42 Å². The SMILES string of the molecule is CCC(C)P(I)C(C)(C)C. The van der Waals surface area contributed by atoms with Crippen LogP contribution in [0.5, 0.6) is 0 Å². The van der Waals surface area contributed by atoms with Crippen molar-refractivity contribution in [3.63, 3.8) is 0 Å². The second-order valence-electron chi connectivity index (χ2n) is 3.74. The van der Waals surface area contributed by atoms with Gasteiger partial charge in [-0.2, -0.15) is 0 Å². The van der Waals surface area contributed by atoms with Crippen molar-refractivity contribution < 1.29 is 0 Å². The minimum atomic E-state index is 0.187. The fraction of sp³-hybridized carbons (Fsp3) is 1.00. The van der Waals surface area contributed by atoms with Crippen molar-refractivity contribution >= 4 is 27.6 Å². The summed E-state index contributed by atoms with van der Waals surface area (Å²) < 4.78 is 0. The fourth-order valence-corrected chi connectivity index (χ4v) is 3.65. The number of halogens is 1. The summed E-state index contributed by atoms with van der Waals surface area (Å²) in [5.74, 6) is 0. The summed E-state index contributed by atoms with van der Waals surface area (Å²) in [6, 6.07) is 0. The lowest BCUT2D eigenvalue weighted by atomic mass is 10.3. The van der Waals surface area contributed by atoms with Crippen molar-refractivity contribution in [1.29, 1.82) is 0 Å². The van der Waals surface area contributed by atoms with Crippen LogP contribution in [0, 0.1) is 0 Å². The highest BCUT2D eigenvalue weighted by Gasteiger charge is 2.25. The first-order valence-corrected chi connectivity index (χ1v) is 8.04. The van der Waals surface area contributed by atoms with E-state index in [0.717, 1.165) is 5.66 Å². The molecule has 0 bridgehead atoms. The van der Waals surface area contributed by atoms with E-state index in [-0.39, 0.29) is 5.56 Å². The van der Waals surface area contributed by atoms with Crippen LogP contribution >= 0.6 is 27.6 Å². The molecule has 0 aliphatic rings. The summed E-state index contributed by atoms with van der Waals surface area (Å²) in [6.07, 6.45) is 1.33. The first kappa shape index (κ1) is 11.2. The Morgan fingerprint density at radius 3 is 1.90 bits per heavy atom. The first-order chi connectivity index (χ1) is 4.39. The largest absolute Gasteiger partial charge is 0.0648 e. The van der Waals surface area contributed by atoms with Gasteiger partial charge in [0.2, 0.25) is 0 Å². The Morgan fingerprint density at radius 1 is 1.40 bits per heavy atom. The van der Waals surface area contributed by atoms with Gasteiger partial charge in [0.1, 0.15) is 0 Å². The second-order valence-corrected chi connectivity index (χ2v) is 9.70. The quantitative estimate of drug-likeness (QED) is 0.515. The average Bonchev–Trinajstić information content (AvgIpc) is 1.83. The van der Waals surface area contributed by atoms with Crippen LogP contribution in [0.25, 0.3) is 0 Å². The monoisotopic (exact) mass is 272 g/mol. The molecule has 0 saturated carbocycles. The van der Waals surface area contributed by atoms with Crippen LogP contribution in [0.4, 0.5) is 0 Å². The van der Waals surface area contributed by atoms with Crippen molar-refractivity contribution in [2.24, 2.45) is 0 Å². The molecule has 2 unspecified atom stereocenters. The summed E-state index contributed by atoms with van der Waals surface area (Å²) >= 11 is 2.64. The Labute approximate surface area is 79.4 Å². The molecule has 10 heavy (non-hydrogen) atoms. The molecule has 0 aromatic rings. The predicted octanol–water partition coefficient (Wildman–Crippen LogP) is 4.42. The van der Waals surface area contributed by atoms with E-state index in [9.17, 15) is 0 Å². The lowest BCUT2D eigenvalue weighted by molar-refractivity contribution is 0.767. The Kier molecular flexibility index (Phi) is 4.74. The first-order valence-electron chi connectivity index (χ1n) is 3.84. The molecule has 62 valence electrons. The molecule has 0 fully saturated rings. The predicted molar refractivity (Wildman–Crippen MR) is 60.4 cm³/mol. The minimum absolute atomic E-state index is 0.187. The zero-order chi connectivity index (χ0) is 8.36. The fourth-order valence-electron chi connectivity index (χ4n) is 0.821. The van der Waals surface area contributed by atoms with Crippen LogP contribution in [0.3, 0.4) is 0 Å². The van der Waals surface area contributed by atoms with Crippen molar-refractivity contribution in [3.8, 4) is 0 Å². The Hall–Kier alpha value is 1.16. The molecule has 0 aromatic carbocycles. The topological polar surface area (TPSA) is 0 Å². The van der Waals surface area contributed by atoms with E-state index in [1.807, 2.05) is 0 Å². The highest BCUT2D eigenvalue weighted by atomic mass is 127. The molecule has 0 aromatic heterocycles. The molecule has 0 aliphatic heterocycles. The van der Waals surface area contributed by atoms with Gasteiger partial charge in [-0.3, -0.25) is 0 Å².